The van der Waals surface area contributed by atoms with Gasteiger partial charge in [0.25, 0.3) is 0 Å². The molecule has 0 bridgehead atoms. The molecule has 2 aromatic rings. The molecule has 1 aliphatic rings. The molecule has 2 aromatic carbocycles. The largest absolute Gasteiger partial charge is 0.480 e. The smallest absolute Gasteiger partial charge is 0.412 e. The first-order valence-corrected chi connectivity index (χ1v) is 13.5. The van der Waals surface area contributed by atoms with E-state index >= 15 is 0 Å². The molecule has 3 rings (SSSR count). The Balaban J connectivity index is 1.64. The number of hydrogen-bond acceptors (Lipinski definition) is 6. The van der Waals surface area contributed by atoms with E-state index in [1.165, 1.54) is 4.90 Å². The number of ether oxygens (including phenoxy) is 2. The standard InChI is InChI=1S/C29H36ClN3O7/c1-29(2,3)40-28(38)33-15-4-16-39-25(33)14-13-24(34)32-23(27(37)31-18-26(35)36)17-19-5-7-20(8-6-19)21-9-11-22(30)12-10-21/h5-12,23,25H,4,13-18H2,1-3H3,(H,31,37)(H,32,34)(H,35,36)/t23-,25?/m0/s1. The number of carbonyl (C=O) groups excluding carboxylic acids is 3. The number of nitrogens with one attached hydrogen (secondary N) is 2. The number of carbonyl (C=O) groups is 4. The number of carboxylic acids is 1. The van der Waals surface area contributed by atoms with Crippen LogP contribution in [-0.2, 0) is 30.3 Å². The highest BCUT2D eigenvalue weighted by atomic mass is 35.5. The molecule has 1 fully saturated rings. The summed E-state index contributed by atoms with van der Waals surface area (Å²) in [5.41, 5.74) is 2.05. The Morgan fingerprint density at radius 2 is 1.70 bits per heavy atom. The summed E-state index contributed by atoms with van der Waals surface area (Å²) in [7, 11) is 0. The molecule has 216 valence electrons. The number of rotatable bonds is 10. The van der Waals surface area contributed by atoms with Gasteiger partial charge < -0.3 is 25.2 Å². The van der Waals surface area contributed by atoms with E-state index in [9.17, 15) is 19.2 Å². The van der Waals surface area contributed by atoms with Gasteiger partial charge in [0.2, 0.25) is 11.8 Å². The third kappa shape index (κ3) is 9.84. The monoisotopic (exact) mass is 573 g/mol. The van der Waals surface area contributed by atoms with Crippen LogP contribution >= 0.6 is 11.6 Å². The number of benzene rings is 2. The van der Waals surface area contributed by atoms with Crippen LogP contribution in [0.5, 0.6) is 0 Å². The van der Waals surface area contributed by atoms with Gasteiger partial charge in [0.15, 0.2) is 0 Å². The highest BCUT2D eigenvalue weighted by molar-refractivity contribution is 6.30. The van der Waals surface area contributed by atoms with Crippen molar-refractivity contribution in [1.82, 2.24) is 15.5 Å². The van der Waals surface area contributed by atoms with E-state index in [1.807, 2.05) is 36.4 Å². The quantitative estimate of drug-likeness (QED) is 0.391. The van der Waals surface area contributed by atoms with Crippen molar-refractivity contribution in [2.45, 2.75) is 64.3 Å². The summed E-state index contributed by atoms with van der Waals surface area (Å²) in [5, 5.41) is 14.7. The van der Waals surface area contributed by atoms with Gasteiger partial charge in [0, 0.05) is 30.8 Å². The fourth-order valence-corrected chi connectivity index (χ4v) is 4.31. The van der Waals surface area contributed by atoms with E-state index in [1.54, 1.807) is 32.9 Å². The molecular formula is C29H36ClN3O7. The van der Waals surface area contributed by atoms with Crippen LogP contribution in [0.4, 0.5) is 4.79 Å². The molecule has 10 nitrogen and oxygen atoms in total. The number of aliphatic carboxylic acids is 1. The van der Waals surface area contributed by atoms with Crippen LogP contribution in [-0.4, -0.2) is 71.5 Å². The molecule has 1 aliphatic heterocycles. The highest BCUT2D eigenvalue weighted by Gasteiger charge is 2.32. The SMILES string of the molecule is CC(C)(C)OC(=O)N1CCCOC1CCC(=O)N[C@@H](Cc1ccc(-c2ccc(Cl)cc2)cc1)C(=O)NCC(=O)O. The maximum atomic E-state index is 12.9. The van der Waals surface area contributed by atoms with Crippen LogP contribution in [0.25, 0.3) is 11.1 Å². The van der Waals surface area contributed by atoms with Crippen molar-refractivity contribution in [2.75, 3.05) is 19.7 Å². The van der Waals surface area contributed by atoms with Crippen molar-refractivity contribution < 1.29 is 33.8 Å². The van der Waals surface area contributed by atoms with Crippen molar-refractivity contribution in [1.29, 1.82) is 0 Å². The topological polar surface area (TPSA) is 134 Å². The Hall–Kier alpha value is -3.63. The Bertz CT molecular complexity index is 1180. The molecule has 0 aliphatic carbocycles. The van der Waals surface area contributed by atoms with E-state index in [4.69, 9.17) is 26.2 Å². The van der Waals surface area contributed by atoms with Crippen LogP contribution < -0.4 is 10.6 Å². The molecule has 0 spiro atoms. The molecule has 1 heterocycles. The molecule has 40 heavy (non-hydrogen) atoms. The van der Waals surface area contributed by atoms with Crippen molar-refractivity contribution >= 4 is 35.5 Å². The summed E-state index contributed by atoms with van der Waals surface area (Å²) in [6.45, 7) is 5.67. The minimum absolute atomic E-state index is 0.0117. The normalized spacial score (nSPS) is 16.1. The highest BCUT2D eigenvalue weighted by Crippen LogP contribution is 2.23. The van der Waals surface area contributed by atoms with Crippen molar-refractivity contribution in [3.8, 4) is 11.1 Å². The maximum absolute atomic E-state index is 12.9. The Morgan fingerprint density at radius 1 is 1.07 bits per heavy atom. The van der Waals surface area contributed by atoms with E-state index < -0.39 is 48.3 Å². The molecule has 11 heteroatoms. The summed E-state index contributed by atoms with van der Waals surface area (Å²) in [6, 6.07) is 13.9. The predicted molar refractivity (Wildman–Crippen MR) is 150 cm³/mol. The van der Waals surface area contributed by atoms with Crippen molar-refractivity contribution in [3.63, 3.8) is 0 Å². The summed E-state index contributed by atoms with van der Waals surface area (Å²) < 4.78 is 11.2. The predicted octanol–water partition coefficient (Wildman–Crippen LogP) is 4.00. The van der Waals surface area contributed by atoms with E-state index in [0.717, 1.165) is 16.7 Å². The average Bonchev–Trinajstić information content (AvgIpc) is 2.90. The lowest BCUT2D eigenvalue weighted by atomic mass is 10.00. The zero-order valence-electron chi connectivity index (χ0n) is 22.9. The van der Waals surface area contributed by atoms with Crippen LogP contribution in [0.2, 0.25) is 5.02 Å². The Morgan fingerprint density at radius 3 is 2.30 bits per heavy atom. The second-order valence-corrected chi connectivity index (χ2v) is 11.0. The lowest BCUT2D eigenvalue weighted by Crippen LogP contribution is -2.50. The lowest BCUT2D eigenvalue weighted by Gasteiger charge is -2.36. The number of hydrogen-bond donors (Lipinski definition) is 3. The van der Waals surface area contributed by atoms with Gasteiger partial charge in [-0.1, -0.05) is 48.0 Å². The van der Waals surface area contributed by atoms with E-state index in [2.05, 4.69) is 10.6 Å². The zero-order chi connectivity index (χ0) is 29.3. The first-order valence-electron chi connectivity index (χ1n) is 13.2. The van der Waals surface area contributed by atoms with Crippen LogP contribution in [0.15, 0.2) is 48.5 Å². The third-order valence-corrected chi connectivity index (χ3v) is 6.34. The van der Waals surface area contributed by atoms with Gasteiger partial charge in [0.1, 0.15) is 24.4 Å². The Kier molecular flexibility index (Phi) is 10.9. The van der Waals surface area contributed by atoms with E-state index in [-0.39, 0.29) is 19.3 Å². The van der Waals surface area contributed by atoms with E-state index in [0.29, 0.717) is 24.6 Å². The average molecular weight is 574 g/mol. The maximum Gasteiger partial charge on any atom is 0.412 e. The first kappa shape index (κ1) is 30.9. The fraction of sp³-hybridized carbons (Fsp3) is 0.448. The van der Waals surface area contributed by atoms with Gasteiger partial charge >= 0.3 is 12.1 Å². The second kappa shape index (κ2) is 14.1. The van der Waals surface area contributed by atoms with Crippen LogP contribution in [0.3, 0.4) is 0 Å². The van der Waals surface area contributed by atoms with Gasteiger partial charge in [-0.25, -0.2) is 4.79 Å². The van der Waals surface area contributed by atoms with Crippen LogP contribution in [0, 0.1) is 0 Å². The summed E-state index contributed by atoms with van der Waals surface area (Å²) >= 11 is 5.97. The van der Waals surface area contributed by atoms with Gasteiger partial charge in [-0.2, -0.15) is 0 Å². The van der Waals surface area contributed by atoms with Crippen molar-refractivity contribution in [2.24, 2.45) is 0 Å². The molecule has 0 saturated carbocycles. The molecule has 1 saturated heterocycles. The minimum Gasteiger partial charge on any atom is -0.480 e. The second-order valence-electron chi connectivity index (χ2n) is 10.5. The number of nitrogens with zero attached hydrogens (tertiary/aromatic N) is 1. The fourth-order valence-electron chi connectivity index (χ4n) is 4.18. The molecule has 0 aromatic heterocycles. The molecule has 0 radical (unpaired) electrons. The third-order valence-electron chi connectivity index (χ3n) is 6.08. The summed E-state index contributed by atoms with van der Waals surface area (Å²) in [5.74, 6) is -2.23. The minimum atomic E-state index is -1.19. The number of halogens is 1. The van der Waals surface area contributed by atoms with Crippen molar-refractivity contribution in [3.05, 3.63) is 59.1 Å². The Labute approximate surface area is 239 Å². The van der Waals surface area contributed by atoms with Gasteiger partial charge in [-0.05, 0) is 56.0 Å². The summed E-state index contributed by atoms with van der Waals surface area (Å²) in [4.78, 5) is 50.8. The molecule has 1 unspecified atom stereocenters. The van der Waals surface area contributed by atoms with Gasteiger partial charge in [0.05, 0.1) is 6.61 Å². The summed E-state index contributed by atoms with van der Waals surface area (Å²) in [6.07, 6.45) is -0.126. The molecule has 3 N–H and O–H groups in total. The first-order chi connectivity index (χ1) is 18.9. The number of carboxylic acid groups (broad SMARTS) is 1. The van der Waals surface area contributed by atoms with Crippen LogP contribution in [0.1, 0.15) is 45.6 Å². The van der Waals surface area contributed by atoms with Gasteiger partial charge in [-0.3, -0.25) is 19.3 Å². The lowest BCUT2D eigenvalue weighted by molar-refractivity contribution is -0.138. The zero-order valence-corrected chi connectivity index (χ0v) is 23.7. The van der Waals surface area contributed by atoms with Gasteiger partial charge in [-0.15, -0.1) is 0 Å². The molecule has 3 amide bonds. The number of amides is 3. The molecular weight excluding hydrogens is 538 g/mol. The molecule has 2 atom stereocenters.